The van der Waals surface area contributed by atoms with E-state index in [1.807, 2.05) is 6.20 Å². The molecule has 0 bridgehead atoms. The Morgan fingerprint density at radius 1 is 1.44 bits per heavy atom. The fraction of sp³-hybridized carbons (Fsp3) is 0.692. The van der Waals surface area contributed by atoms with Crippen LogP contribution in [0.15, 0.2) is 12.4 Å². The molecule has 3 N–H and O–H groups in total. The Kier molecular flexibility index (Phi) is 3.89. The van der Waals surface area contributed by atoms with Crippen LogP contribution < -0.4 is 11.1 Å². The molecule has 5 heteroatoms. The number of carbonyl (C=O) groups excluding carboxylic acids is 1. The minimum Gasteiger partial charge on any atom is -0.380 e. The Labute approximate surface area is 108 Å². The number of aromatic nitrogens is 2. The molecule has 1 aliphatic carbocycles. The molecule has 1 aromatic rings. The summed E-state index contributed by atoms with van der Waals surface area (Å²) in [7, 11) is 0. The van der Waals surface area contributed by atoms with Gasteiger partial charge in [-0.1, -0.05) is 13.8 Å². The van der Waals surface area contributed by atoms with Gasteiger partial charge in [-0.25, -0.2) is 0 Å². The van der Waals surface area contributed by atoms with Crippen molar-refractivity contribution >= 4 is 11.6 Å². The van der Waals surface area contributed by atoms with Gasteiger partial charge in [-0.05, 0) is 31.1 Å². The van der Waals surface area contributed by atoms with Crippen molar-refractivity contribution in [1.82, 2.24) is 9.78 Å². The average Bonchev–Trinajstić information content (AvgIpc) is 2.62. The molecule has 5 nitrogen and oxygen atoms in total. The van der Waals surface area contributed by atoms with Gasteiger partial charge in [0.2, 0.25) is 5.91 Å². The Morgan fingerprint density at radius 2 is 2.11 bits per heavy atom. The average molecular weight is 250 g/mol. The normalized spacial score (nSPS) is 28.0. The lowest BCUT2D eigenvalue weighted by molar-refractivity contribution is -0.118. The monoisotopic (exact) mass is 250 g/mol. The molecular weight excluding hydrogens is 228 g/mol. The van der Waals surface area contributed by atoms with Gasteiger partial charge in [0.1, 0.15) is 6.54 Å². The number of nitrogens with two attached hydrogens (primary N) is 1. The van der Waals surface area contributed by atoms with Crippen LogP contribution in [0.2, 0.25) is 0 Å². The Bertz CT molecular complexity index is 405. The Hall–Kier alpha value is -1.52. The predicted molar refractivity (Wildman–Crippen MR) is 71.0 cm³/mol. The van der Waals surface area contributed by atoms with E-state index in [1.165, 1.54) is 19.3 Å². The molecule has 0 aliphatic heterocycles. The van der Waals surface area contributed by atoms with Crippen molar-refractivity contribution in [3.8, 4) is 0 Å². The van der Waals surface area contributed by atoms with E-state index in [1.54, 1.807) is 10.9 Å². The summed E-state index contributed by atoms with van der Waals surface area (Å²) in [6, 6.07) is 0.509. The maximum atomic E-state index is 10.8. The molecule has 100 valence electrons. The second kappa shape index (κ2) is 5.42. The molecule has 0 aromatic carbocycles. The number of hydrogen-bond acceptors (Lipinski definition) is 3. The zero-order chi connectivity index (χ0) is 13.1. The van der Waals surface area contributed by atoms with E-state index in [0.29, 0.717) is 6.04 Å². The molecule has 1 fully saturated rings. The highest BCUT2D eigenvalue weighted by molar-refractivity contribution is 5.73. The van der Waals surface area contributed by atoms with E-state index in [-0.39, 0.29) is 12.5 Å². The third-order valence-corrected chi connectivity index (χ3v) is 3.50. The highest BCUT2D eigenvalue weighted by Gasteiger charge is 2.23. The maximum Gasteiger partial charge on any atom is 0.239 e. The molecule has 0 radical (unpaired) electrons. The summed E-state index contributed by atoms with van der Waals surface area (Å²) in [6.45, 7) is 4.75. The van der Waals surface area contributed by atoms with E-state index >= 15 is 0 Å². The molecule has 1 aliphatic rings. The van der Waals surface area contributed by atoms with Crippen molar-refractivity contribution in [1.29, 1.82) is 0 Å². The van der Waals surface area contributed by atoms with Crippen molar-refractivity contribution in [2.24, 2.45) is 17.6 Å². The molecular formula is C13H22N4O. The van der Waals surface area contributed by atoms with Gasteiger partial charge in [-0.3, -0.25) is 9.48 Å². The van der Waals surface area contributed by atoms with E-state index in [9.17, 15) is 4.79 Å². The lowest BCUT2D eigenvalue weighted by atomic mass is 9.80. The fourth-order valence-electron chi connectivity index (χ4n) is 2.98. The van der Waals surface area contributed by atoms with Crippen LogP contribution in [0.4, 0.5) is 5.69 Å². The molecule has 1 saturated carbocycles. The number of hydrogen-bond donors (Lipinski definition) is 2. The highest BCUT2D eigenvalue weighted by Crippen LogP contribution is 2.30. The second-order valence-corrected chi connectivity index (χ2v) is 5.65. The van der Waals surface area contributed by atoms with Crippen molar-refractivity contribution in [2.45, 2.75) is 45.7 Å². The molecule has 2 atom stereocenters. The Balaban J connectivity index is 1.92. The van der Waals surface area contributed by atoms with Gasteiger partial charge in [-0.15, -0.1) is 0 Å². The third kappa shape index (κ3) is 3.48. The molecule has 0 saturated heterocycles. The van der Waals surface area contributed by atoms with E-state index in [2.05, 4.69) is 24.3 Å². The molecule has 1 amide bonds. The second-order valence-electron chi connectivity index (χ2n) is 5.65. The number of anilines is 1. The lowest BCUT2D eigenvalue weighted by Gasteiger charge is -2.32. The fourth-order valence-corrected chi connectivity index (χ4v) is 2.98. The number of nitrogens with zero attached hydrogens (tertiary/aromatic N) is 2. The van der Waals surface area contributed by atoms with Crippen LogP contribution in [0, 0.1) is 11.8 Å². The molecule has 1 aromatic heterocycles. The minimum atomic E-state index is -0.371. The van der Waals surface area contributed by atoms with Crippen LogP contribution in [0.3, 0.4) is 0 Å². The van der Waals surface area contributed by atoms with Gasteiger partial charge in [0.15, 0.2) is 0 Å². The summed E-state index contributed by atoms with van der Waals surface area (Å²) in [5, 5.41) is 7.61. The lowest BCUT2D eigenvalue weighted by Crippen LogP contribution is -2.30. The first kappa shape index (κ1) is 12.9. The number of amides is 1. The van der Waals surface area contributed by atoms with Crippen molar-refractivity contribution in [3.63, 3.8) is 0 Å². The van der Waals surface area contributed by atoms with Crippen molar-refractivity contribution in [3.05, 3.63) is 12.4 Å². The quantitative estimate of drug-likeness (QED) is 0.852. The van der Waals surface area contributed by atoms with Gasteiger partial charge < -0.3 is 11.1 Å². The van der Waals surface area contributed by atoms with E-state index in [4.69, 9.17) is 5.73 Å². The zero-order valence-corrected chi connectivity index (χ0v) is 11.1. The van der Waals surface area contributed by atoms with Gasteiger partial charge in [0.05, 0.1) is 11.9 Å². The molecule has 2 rings (SSSR count). The van der Waals surface area contributed by atoms with E-state index < -0.39 is 0 Å². The van der Waals surface area contributed by atoms with Crippen LogP contribution in [0.25, 0.3) is 0 Å². The minimum absolute atomic E-state index is 0.138. The number of rotatable bonds is 4. The first-order chi connectivity index (χ1) is 8.52. The largest absolute Gasteiger partial charge is 0.380 e. The number of nitrogens with one attached hydrogen (secondary N) is 1. The molecule has 18 heavy (non-hydrogen) atoms. The van der Waals surface area contributed by atoms with Gasteiger partial charge in [0.25, 0.3) is 0 Å². The van der Waals surface area contributed by atoms with Crippen LogP contribution in [-0.4, -0.2) is 21.7 Å². The third-order valence-electron chi connectivity index (χ3n) is 3.50. The standard InChI is InChI=1S/C13H22N4O/c1-9-3-10(2)5-11(4-9)16-12-6-15-17(7-12)8-13(14)18/h6-7,9-11,16H,3-5,8H2,1-2H3,(H2,14,18). The van der Waals surface area contributed by atoms with Crippen molar-refractivity contribution < 1.29 is 4.79 Å². The molecule has 2 unspecified atom stereocenters. The smallest absolute Gasteiger partial charge is 0.239 e. The van der Waals surface area contributed by atoms with Crippen LogP contribution in [0.1, 0.15) is 33.1 Å². The summed E-state index contributed by atoms with van der Waals surface area (Å²) >= 11 is 0. The first-order valence-electron chi connectivity index (χ1n) is 6.60. The summed E-state index contributed by atoms with van der Waals surface area (Å²) in [6.07, 6.45) is 7.32. The topological polar surface area (TPSA) is 72.9 Å². The predicted octanol–water partition coefficient (Wildman–Crippen LogP) is 1.60. The van der Waals surface area contributed by atoms with Crippen molar-refractivity contribution in [2.75, 3.05) is 5.32 Å². The van der Waals surface area contributed by atoms with E-state index in [0.717, 1.165) is 17.5 Å². The zero-order valence-electron chi connectivity index (χ0n) is 11.1. The van der Waals surface area contributed by atoms with Crippen LogP contribution >= 0.6 is 0 Å². The Morgan fingerprint density at radius 3 is 2.72 bits per heavy atom. The molecule has 0 spiro atoms. The first-order valence-corrected chi connectivity index (χ1v) is 6.60. The summed E-state index contributed by atoms with van der Waals surface area (Å²) < 4.78 is 1.57. The SMILES string of the molecule is CC1CC(C)CC(Nc2cnn(CC(N)=O)c2)C1. The van der Waals surface area contributed by atoms with Crippen LogP contribution in [0.5, 0.6) is 0 Å². The van der Waals surface area contributed by atoms with Gasteiger partial charge in [-0.2, -0.15) is 5.10 Å². The van der Waals surface area contributed by atoms with Gasteiger partial charge >= 0.3 is 0 Å². The molecule has 1 heterocycles. The maximum absolute atomic E-state index is 10.8. The highest BCUT2D eigenvalue weighted by atomic mass is 16.1. The number of primary amides is 1. The summed E-state index contributed by atoms with van der Waals surface area (Å²) in [4.78, 5) is 10.8. The summed E-state index contributed by atoms with van der Waals surface area (Å²) in [5.41, 5.74) is 6.11. The van der Waals surface area contributed by atoms with Gasteiger partial charge in [0, 0.05) is 12.2 Å². The summed E-state index contributed by atoms with van der Waals surface area (Å²) in [5.74, 6) is 1.17. The number of carbonyl (C=O) groups is 1. The van der Waals surface area contributed by atoms with Crippen LogP contribution in [-0.2, 0) is 11.3 Å².